The fourth-order valence-corrected chi connectivity index (χ4v) is 3.31. The number of nitrogens with one attached hydrogen (secondary N) is 2. The standard InChI is InChI=1S/C24H29ClFN5O5/c1-15(2)36-20-9-8-18(12-19(20)26)27-22-28-23(35-14-21(33)30(3)10-11-32)29-24(34)31(22)13-16-4-6-17(25)7-5-16/h4-9,12,15,23,32H,10-11,13-14H2,1-3H3,(H,27,28)(H,29,34). The topological polar surface area (TPSA) is 116 Å². The van der Waals surface area contributed by atoms with Gasteiger partial charge in [-0.05, 0) is 43.7 Å². The highest BCUT2D eigenvalue weighted by Gasteiger charge is 2.30. The monoisotopic (exact) mass is 521 g/mol. The molecule has 2 aromatic carbocycles. The second kappa shape index (κ2) is 12.5. The van der Waals surface area contributed by atoms with Gasteiger partial charge < -0.3 is 24.8 Å². The molecule has 3 N–H and O–H groups in total. The number of ether oxygens (including phenoxy) is 2. The average molecular weight is 522 g/mol. The third-order valence-corrected chi connectivity index (χ3v) is 5.27. The van der Waals surface area contributed by atoms with Crippen molar-refractivity contribution in [2.75, 3.05) is 32.1 Å². The zero-order valence-corrected chi connectivity index (χ0v) is 21.0. The first kappa shape index (κ1) is 27.2. The van der Waals surface area contributed by atoms with E-state index in [2.05, 4.69) is 15.6 Å². The van der Waals surface area contributed by atoms with Crippen LogP contribution in [0.1, 0.15) is 19.4 Å². The normalized spacial score (nSPS) is 15.4. The molecule has 0 fully saturated rings. The summed E-state index contributed by atoms with van der Waals surface area (Å²) >= 11 is 5.96. The zero-order valence-electron chi connectivity index (χ0n) is 20.2. The number of amides is 3. The number of carbonyl (C=O) groups is 2. The molecular formula is C24H29ClFN5O5. The minimum atomic E-state index is -1.17. The van der Waals surface area contributed by atoms with E-state index in [-0.39, 0.29) is 44.1 Å². The predicted octanol–water partition coefficient (Wildman–Crippen LogP) is 3.01. The van der Waals surface area contributed by atoms with E-state index in [1.165, 1.54) is 29.0 Å². The summed E-state index contributed by atoms with van der Waals surface area (Å²) < 4.78 is 25.5. The molecule has 0 aliphatic carbocycles. The number of hydrogen-bond acceptors (Lipinski definition) is 7. The smallest absolute Gasteiger partial charge is 0.328 e. The van der Waals surface area contributed by atoms with Crippen LogP contribution in [0.3, 0.4) is 0 Å². The molecule has 0 radical (unpaired) electrons. The van der Waals surface area contributed by atoms with Gasteiger partial charge in [0.2, 0.25) is 18.2 Å². The van der Waals surface area contributed by atoms with Gasteiger partial charge in [-0.3, -0.25) is 15.0 Å². The van der Waals surface area contributed by atoms with Crippen molar-refractivity contribution in [1.82, 2.24) is 15.1 Å². The first-order valence-corrected chi connectivity index (χ1v) is 11.6. The van der Waals surface area contributed by atoms with Gasteiger partial charge in [-0.25, -0.2) is 9.18 Å². The minimum Gasteiger partial charge on any atom is -0.488 e. The van der Waals surface area contributed by atoms with E-state index in [9.17, 15) is 14.0 Å². The van der Waals surface area contributed by atoms with E-state index in [1.54, 1.807) is 44.2 Å². The maximum Gasteiger partial charge on any atom is 0.328 e. The van der Waals surface area contributed by atoms with Gasteiger partial charge in [0.15, 0.2) is 11.6 Å². The Morgan fingerprint density at radius 3 is 2.67 bits per heavy atom. The lowest BCUT2D eigenvalue weighted by Gasteiger charge is -2.32. The van der Waals surface area contributed by atoms with Crippen LogP contribution < -0.4 is 15.4 Å². The number of aliphatic imine (C=N–C) groups is 1. The molecule has 0 spiro atoms. The summed E-state index contributed by atoms with van der Waals surface area (Å²) in [6, 6.07) is 10.7. The van der Waals surface area contributed by atoms with Crippen LogP contribution in [0.4, 0.5) is 14.9 Å². The second-order valence-electron chi connectivity index (χ2n) is 8.25. The van der Waals surface area contributed by atoms with Gasteiger partial charge in [-0.2, -0.15) is 4.99 Å². The molecule has 1 aliphatic heterocycles. The average Bonchev–Trinajstić information content (AvgIpc) is 2.82. The second-order valence-corrected chi connectivity index (χ2v) is 8.69. The number of benzene rings is 2. The summed E-state index contributed by atoms with van der Waals surface area (Å²) in [6.07, 6.45) is -1.36. The molecule has 0 saturated carbocycles. The number of likely N-dealkylation sites (N-methyl/N-ethyl adjacent to an activating group) is 1. The fraction of sp³-hybridized carbons (Fsp3) is 0.375. The van der Waals surface area contributed by atoms with Gasteiger partial charge in [0.05, 0.1) is 19.3 Å². The van der Waals surface area contributed by atoms with Crippen molar-refractivity contribution >= 4 is 35.2 Å². The Morgan fingerprint density at radius 1 is 1.31 bits per heavy atom. The van der Waals surface area contributed by atoms with Crippen LogP contribution in [0.25, 0.3) is 0 Å². The molecule has 194 valence electrons. The van der Waals surface area contributed by atoms with Crippen molar-refractivity contribution in [2.45, 2.75) is 32.8 Å². The number of anilines is 1. The van der Waals surface area contributed by atoms with Gasteiger partial charge in [0.1, 0.15) is 6.61 Å². The number of halogens is 2. The van der Waals surface area contributed by atoms with E-state index in [4.69, 9.17) is 26.2 Å². The molecule has 2 aromatic rings. The lowest BCUT2D eigenvalue weighted by molar-refractivity contribution is -0.137. The third kappa shape index (κ3) is 7.54. The van der Waals surface area contributed by atoms with Crippen LogP contribution in [-0.2, 0) is 16.1 Å². The van der Waals surface area contributed by atoms with Gasteiger partial charge >= 0.3 is 6.03 Å². The first-order chi connectivity index (χ1) is 17.2. The maximum atomic E-state index is 14.6. The first-order valence-electron chi connectivity index (χ1n) is 11.3. The Bertz CT molecular complexity index is 1100. The molecule has 0 aromatic heterocycles. The number of nitrogens with zero attached hydrogens (tertiary/aromatic N) is 3. The molecule has 3 rings (SSSR count). The third-order valence-electron chi connectivity index (χ3n) is 5.02. The highest BCUT2D eigenvalue weighted by atomic mass is 35.5. The van der Waals surface area contributed by atoms with Crippen molar-refractivity contribution in [3.8, 4) is 5.75 Å². The maximum absolute atomic E-state index is 14.6. The zero-order chi connectivity index (χ0) is 26.2. The van der Waals surface area contributed by atoms with Gasteiger partial charge in [0, 0.05) is 30.4 Å². The molecule has 1 unspecified atom stereocenters. The Labute approximate surface area is 213 Å². The van der Waals surface area contributed by atoms with Crippen molar-refractivity contribution in [1.29, 1.82) is 0 Å². The van der Waals surface area contributed by atoms with Crippen molar-refractivity contribution in [3.63, 3.8) is 0 Å². The molecule has 1 heterocycles. The molecule has 36 heavy (non-hydrogen) atoms. The molecule has 3 amide bonds. The number of rotatable bonds is 10. The Balaban J connectivity index is 1.82. The summed E-state index contributed by atoms with van der Waals surface area (Å²) in [5, 5.41) is 15.1. The van der Waals surface area contributed by atoms with Crippen LogP contribution in [0, 0.1) is 5.82 Å². The van der Waals surface area contributed by atoms with Crippen LogP contribution in [0.5, 0.6) is 5.75 Å². The van der Waals surface area contributed by atoms with E-state index in [1.807, 2.05) is 0 Å². The van der Waals surface area contributed by atoms with Crippen molar-refractivity contribution < 1.29 is 28.6 Å². The molecular weight excluding hydrogens is 493 g/mol. The number of carbonyl (C=O) groups excluding carboxylic acids is 2. The van der Waals surface area contributed by atoms with Gasteiger partial charge in [-0.1, -0.05) is 23.7 Å². The number of guanidine groups is 1. The Kier molecular flexibility index (Phi) is 9.45. The molecule has 10 nitrogen and oxygen atoms in total. The van der Waals surface area contributed by atoms with Crippen LogP contribution >= 0.6 is 11.6 Å². The van der Waals surface area contributed by atoms with Crippen molar-refractivity contribution in [2.24, 2.45) is 4.99 Å². The lowest BCUT2D eigenvalue weighted by Crippen LogP contribution is -2.55. The highest BCUT2D eigenvalue weighted by molar-refractivity contribution is 6.30. The van der Waals surface area contributed by atoms with Gasteiger partial charge in [0.25, 0.3) is 0 Å². The number of hydrogen-bond donors (Lipinski definition) is 3. The number of urea groups is 1. The largest absolute Gasteiger partial charge is 0.488 e. The van der Waals surface area contributed by atoms with Crippen LogP contribution in [0.15, 0.2) is 47.5 Å². The quantitative estimate of drug-likeness (QED) is 0.442. The highest BCUT2D eigenvalue weighted by Crippen LogP contribution is 2.23. The molecule has 0 saturated heterocycles. The Morgan fingerprint density at radius 2 is 2.03 bits per heavy atom. The van der Waals surface area contributed by atoms with Crippen LogP contribution in [0.2, 0.25) is 5.02 Å². The summed E-state index contributed by atoms with van der Waals surface area (Å²) in [6.45, 7) is 3.31. The molecule has 0 bridgehead atoms. The fourth-order valence-electron chi connectivity index (χ4n) is 3.18. The van der Waals surface area contributed by atoms with Crippen molar-refractivity contribution in [3.05, 3.63) is 58.9 Å². The predicted molar refractivity (Wildman–Crippen MR) is 133 cm³/mol. The SMILES string of the molecule is CC(C)Oc1ccc(NC2=NC(OCC(=O)N(C)CCO)NC(=O)N2Cc2ccc(Cl)cc2)cc1F. The van der Waals surface area contributed by atoms with Gasteiger partial charge in [-0.15, -0.1) is 0 Å². The molecule has 1 atom stereocenters. The van der Waals surface area contributed by atoms with Crippen LogP contribution in [-0.4, -0.2) is 72.1 Å². The molecule has 12 heteroatoms. The number of aliphatic hydroxyl groups is 1. The van der Waals surface area contributed by atoms with E-state index in [0.29, 0.717) is 10.7 Å². The summed E-state index contributed by atoms with van der Waals surface area (Å²) in [7, 11) is 1.52. The summed E-state index contributed by atoms with van der Waals surface area (Å²) in [5.41, 5.74) is 1.10. The van der Waals surface area contributed by atoms with E-state index >= 15 is 0 Å². The summed E-state index contributed by atoms with van der Waals surface area (Å²) in [5.74, 6) is -0.783. The van der Waals surface area contributed by atoms with E-state index < -0.39 is 24.1 Å². The van der Waals surface area contributed by atoms with E-state index in [0.717, 1.165) is 5.56 Å². The lowest BCUT2D eigenvalue weighted by atomic mass is 10.2. The molecule has 1 aliphatic rings. The Hall–Kier alpha value is -3.41. The number of aliphatic hydroxyl groups excluding tert-OH is 1. The summed E-state index contributed by atoms with van der Waals surface area (Å²) in [4.78, 5) is 32.1. The minimum absolute atomic E-state index is 0.0896.